The van der Waals surface area contributed by atoms with Gasteiger partial charge in [-0.15, -0.1) is 0 Å². The molecule has 0 bridgehead atoms. The lowest BCUT2D eigenvalue weighted by atomic mass is 9.78. The number of piperazine rings is 1. The van der Waals surface area contributed by atoms with E-state index in [2.05, 4.69) is 75.6 Å². The van der Waals surface area contributed by atoms with Gasteiger partial charge in [0.25, 0.3) is 0 Å². The average molecular weight is 485 g/mol. The Morgan fingerprint density at radius 3 is 2.17 bits per heavy atom. The molecule has 0 spiro atoms. The van der Waals surface area contributed by atoms with Crippen molar-refractivity contribution >= 4 is 17.3 Å². The van der Waals surface area contributed by atoms with Gasteiger partial charge in [-0.1, -0.05) is 35.9 Å². The molecular formula is C31H36N2O3. The third-order valence-electron chi connectivity index (χ3n) is 8.08. The first-order valence-electron chi connectivity index (χ1n) is 12.8. The molecule has 3 aromatic rings. The molecule has 1 saturated heterocycles. The number of carboxylic acid groups (broad SMARTS) is 1. The lowest BCUT2D eigenvalue weighted by Crippen LogP contribution is -2.47. The fourth-order valence-corrected chi connectivity index (χ4v) is 6.10. The standard InChI is InChI=1S/C31H36N2O3/c1-19-10-12-23(13-11-19)27-26-22(4)28(20(2)21(3)29(26)36-31(27,5)6)33-16-14-32(15-17-33)25-9-7-8-24(18-25)30(34)35/h7-13,18,27H,14-17H2,1-6H3,(H,34,35). The first-order valence-corrected chi connectivity index (χ1v) is 12.8. The Kier molecular flexibility index (Phi) is 5.98. The second kappa shape index (κ2) is 8.88. The van der Waals surface area contributed by atoms with Crippen LogP contribution in [0.2, 0.25) is 0 Å². The summed E-state index contributed by atoms with van der Waals surface area (Å²) in [6, 6.07) is 16.1. The molecule has 5 nitrogen and oxygen atoms in total. The molecular weight excluding hydrogens is 448 g/mol. The number of aromatic carboxylic acids is 1. The van der Waals surface area contributed by atoms with Crippen molar-refractivity contribution in [3.05, 3.63) is 87.5 Å². The van der Waals surface area contributed by atoms with Gasteiger partial charge >= 0.3 is 5.97 Å². The summed E-state index contributed by atoms with van der Waals surface area (Å²) in [6.07, 6.45) is 0. The molecule has 2 aliphatic rings. The maximum Gasteiger partial charge on any atom is 0.335 e. The number of nitrogens with zero attached hydrogens (tertiary/aromatic N) is 2. The predicted molar refractivity (Wildman–Crippen MR) is 146 cm³/mol. The fourth-order valence-electron chi connectivity index (χ4n) is 6.10. The van der Waals surface area contributed by atoms with Crippen LogP contribution in [0.3, 0.4) is 0 Å². The van der Waals surface area contributed by atoms with Crippen molar-refractivity contribution in [1.29, 1.82) is 0 Å². The van der Waals surface area contributed by atoms with Gasteiger partial charge in [0.15, 0.2) is 0 Å². The molecule has 3 aromatic carbocycles. The summed E-state index contributed by atoms with van der Waals surface area (Å²) in [6.45, 7) is 16.7. The number of ether oxygens (including phenoxy) is 1. The van der Waals surface area contributed by atoms with E-state index < -0.39 is 5.97 Å². The van der Waals surface area contributed by atoms with Crippen LogP contribution in [-0.2, 0) is 0 Å². The molecule has 5 heteroatoms. The minimum absolute atomic E-state index is 0.172. The van der Waals surface area contributed by atoms with Crippen molar-refractivity contribution < 1.29 is 14.6 Å². The van der Waals surface area contributed by atoms with Crippen LogP contribution in [0.15, 0.2) is 48.5 Å². The number of fused-ring (bicyclic) bond motifs is 1. The molecule has 0 radical (unpaired) electrons. The molecule has 0 aromatic heterocycles. The van der Waals surface area contributed by atoms with Gasteiger partial charge in [-0.05, 0) is 82.0 Å². The van der Waals surface area contributed by atoms with Crippen molar-refractivity contribution in [1.82, 2.24) is 0 Å². The minimum Gasteiger partial charge on any atom is -0.486 e. The van der Waals surface area contributed by atoms with Crippen molar-refractivity contribution in [2.24, 2.45) is 0 Å². The predicted octanol–water partition coefficient (Wildman–Crippen LogP) is 6.25. The summed E-state index contributed by atoms with van der Waals surface area (Å²) in [5.41, 5.74) is 10.0. The number of benzene rings is 3. The Labute approximate surface area is 214 Å². The van der Waals surface area contributed by atoms with Crippen LogP contribution in [0.5, 0.6) is 5.75 Å². The van der Waals surface area contributed by atoms with E-state index in [0.717, 1.165) is 37.6 Å². The Hall–Kier alpha value is -3.47. The van der Waals surface area contributed by atoms with Gasteiger partial charge < -0.3 is 19.6 Å². The Balaban J connectivity index is 1.49. The van der Waals surface area contributed by atoms with Crippen LogP contribution >= 0.6 is 0 Å². The van der Waals surface area contributed by atoms with Gasteiger partial charge in [0.05, 0.1) is 11.5 Å². The molecule has 2 heterocycles. The number of hydrogen-bond donors (Lipinski definition) is 1. The molecule has 1 N–H and O–H groups in total. The minimum atomic E-state index is -0.886. The zero-order valence-electron chi connectivity index (χ0n) is 22.2. The van der Waals surface area contributed by atoms with Crippen LogP contribution in [0.4, 0.5) is 11.4 Å². The smallest absolute Gasteiger partial charge is 0.335 e. The third-order valence-corrected chi connectivity index (χ3v) is 8.08. The monoisotopic (exact) mass is 484 g/mol. The van der Waals surface area contributed by atoms with E-state index in [1.54, 1.807) is 12.1 Å². The van der Waals surface area contributed by atoms with Crippen LogP contribution in [0.25, 0.3) is 0 Å². The summed E-state index contributed by atoms with van der Waals surface area (Å²) in [7, 11) is 0. The Morgan fingerprint density at radius 2 is 1.53 bits per heavy atom. The van der Waals surface area contributed by atoms with E-state index in [1.165, 1.54) is 39.1 Å². The average Bonchev–Trinajstić information content (AvgIpc) is 3.15. The molecule has 0 aliphatic carbocycles. The normalized spacial score (nSPS) is 18.7. The fraction of sp³-hybridized carbons (Fsp3) is 0.387. The molecule has 0 saturated carbocycles. The van der Waals surface area contributed by atoms with E-state index in [9.17, 15) is 9.90 Å². The van der Waals surface area contributed by atoms with Crippen molar-refractivity contribution in [2.75, 3.05) is 36.0 Å². The summed E-state index contributed by atoms with van der Waals surface area (Å²) < 4.78 is 6.66. The topological polar surface area (TPSA) is 53.0 Å². The van der Waals surface area contributed by atoms with Crippen LogP contribution in [0.1, 0.15) is 63.5 Å². The van der Waals surface area contributed by atoms with Crippen molar-refractivity contribution in [3.8, 4) is 5.75 Å². The Morgan fingerprint density at radius 1 is 0.889 bits per heavy atom. The second-order valence-electron chi connectivity index (χ2n) is 10.8. The van der Waals surface area contributed by atoms with Gasteiger partial charge in [-0.3, -0.25) is 0 Å². The van der Waals surface area contributed by atoms with Gasteiger partial charge in [0.1, 0.15) is 11.4 Å². The van der Waals surface area contributed by atoms with Gasteiger partial charge in [0.2, 0.25) is 0 Å². The molecule has 188 valence electrons. The summed E-state index contributed by atoms with van der Waals surface area (Å²) in [5, 5.41) is 9.38. The number of aryl methyl sites for hydroxylation is 1. The molecule has 5 rings (SSSR count). The quantitative estimate of drug-likeness (QED) is 0.475. The zero-order chi connectivity index (χ0) is 25.8. The van der Waals surface area contributed by atoms with Crippen LogP contribution in [-0.4, -0.2) is 42.9 Å². The van der Waals surface area contributed by atoms with Crippen molar-refractivity contribution in [3.63, 3.8) is 0 Å². The highest BCUT2D eigenvalue weighted by Crippen LogP contribution is 2.54. The lowest BCUT2D eigenvalue weighted by molar-refractivity contribution is 0.0697. The Bertz CT molecular complexity index is 1320. The molecule has 1 unspecified atom stereocenters. The summed E-state index contributed by atoms with van der Waals surface area (Å²) >= 11 is 0. The highest BCUT2D eigenvalue weighted by atomic mass is 16.5. The summed E-state index contributed by atoms with van der Waals surface area (Å²) in [4.78, 5) is 16.2. The maximum absolute atomic E-state index is 11.4. The highest BCUT2D eigenvalue weighted by molar-refractivity contribution is 5.88. The molecule has 1 atom stereocenters. The number of carboxylic acids is 1. The molecule has 0 amide bonds. The SMILES string of the molecule is Cc1ccc(C2c3c(C)c(N4CCN(c5cccc(C(=O)O)c5)CC4)c(C)c(C)c3OC2(C)C)cc1. The highest BCUT2D eigenvalue weighted by Gasteiger charge is 2.45. The van der Waals surface area contributed by atoms with E-state index in [0.29, 0.717) is 5.56 Å². The first-order chi connectivity index (χ1) is 17.1. The number of carbonyl (C=O) groups is 1. The van der Waals surface area contributed by atoms with E-state index in [4.69, 9.17) is 4.74 Å². The van der Waals surface area contributed by atoms with E-state index >= 15 is 0 Å². The number of hydrogen-bond acceptors (Lipinski definition) is 4. The second-order valence-corrected chi connectivity index (χ2v) is 10.8. The largest absolute Gasteiger partial charge is 0.486 e. The number of rotatable bonds is 4. The molecule has 36 heavy (non-hydrogen) atoms. The molecule has 2 aliphatic heterocycles. The first kappa shape index (κ1) is 24.2. The number of anilines is 2. The third kappa shape index (κ3) is 4.01. The van der Waals surface area contributed by atoms with Gasteiger partial charge in [-0.25, -0.2) is 4.79 Å². The lowest BCUT2D eigenvalue weighted by Gasteiger charge is -2.39. The zero-order valence-corrected chi connectivity index (χ0v) is 22.2. The van der Waals surface area contributed by atoms with Gasteiger partial charge in [-0.2, -0.15) is 0 Å². The molecule has 1 fully saturated rings. The van der Waals surface area contributed by atoms with Gasteiger partial charge in [0, 0.05) is 43.1 Å². The van der Waals surface area contributed by atoms with Crippen LogP contribution < -0.4 is 14.5 Å². The van der Waals surface area contributed by atoms with Crippen molar-refractivity contribution in [2.45, 2.75) is 53.1 Å². The van der Waals surface area contributed by atoms with Crippen LogP contribution in [0, 0.1) is 27.7 Å². The van der Waals surface area contributed by atoms with E-state index in [-0.39, 0.29) is 11.5 Å². The summed E-state index contributed by atoms with van der Waals surface area (Å²) in [5.74, 6) is 0.336. The maximum atomic E-state index is 11.4. The van der Waals surface area contributed by atoms with E-state index in [1.807, 2.05) is 12.1 Å².